The minimum absolute atomic E-state index is 0.760. The highest BCUT2D eigenvalue weighted by Crippen LogP contribution is 2.24. The van der Waals surface area contributed by atoms with Gasteiger partial charge in [-0.05, 0) is 74.1 Å². The van der Waals surface area contributed by atoms with E-state index in [0.717, 1.165) is 6.04 Å². The molecule has 0 unspecified atom stereocenters. The van der Waals surface area contributed by atoms with E-state index in [1.54, 1.807) is 0 Å². The first-order chi connectivity index (χ1) is 8.08. The molecule has 1 saturated heterocycles. The van der Waals surface area contributed by atoms with Gasteiger partial charge in [0.05, 0.1) is 0 Å². The van der Waals surface area contributed by atoms with Crippen molar-refractivity contribution in [3.63, 3.8) is 0 Å². The standard InChI is InChI=1S/C14H21IN2/c1-11-4-5-13(10-14(11)15)17-8-6-12(7-9-17)16(2)3/h4-5,10,12H,6-9H2,1-3H3. The van der Waals surface area contributed by atoms with Gasteiger partial charge in [-0.2, -0.15) is 0 Å². The molecule has 2 nitrogen and oxygen atoms in total. The first-order valence-electron chi connectivity index (χ1n) is 6.25. The van der Waals surface area contributed by atoms with Crippen LogP contribution in [0.4, 0.5) is 5.69 Å². The van der Waals surface area contributed by atoms with Gasteiger partial charge in [-0.15, -0.1) is 0 Å². The average molecular weight is 344 g/mol. The summed E-state index contributed by atoms with van der Waals surface area (Å²) in [4.78, 5) is 4.87. The normalized spacial score (nSPS) is 17.8. The van der Waals surface area contributed by atoms with E-state index in [1.165, 1.54) is 40.8 Å². The average Bonchev–Trinajstić information content (AvgIpc) is 2.33. The number of aryl methyl sites for hydroxylation is 1. The molecule has 0 spiro atoms. The monoisotopic (exact) mass is 344 g/mol. The third-order valence-corrected chi connectivity index (χ3v) is 4.88. The highest BCUT2D eigenvalue weighted by Gasteiger charge is 2.20. The maximum atomic E-state index is 2.52. The quantitative estimate of drug-likeness (QED) is 0.761. The van der Waals surface area contributed by atoms with Crippen molar-refractivity contribution in [3.8, 4) is 0 Å². The summed E-state index contributed by atoms with van der Waals surface area (Å²) in [7, 11) is 4.38. The van der Waals surface area contributed by atoms with E-state index in [0.29, 0.717) is 0 Å². The van der Waals surface area contributed by atoms with Crippen LogP contribution < -0.4 is 4.90 Å². The largest absolute Gasteiger partial charge is 0.371 e. The number of hydrogen-bond acceptors (Lipinski definition) is 2. The Balaban J connectivity index is 2.03. The van der Waals surface area contributed by atoms with Crippen LogP contribution in [-0.2, 0) is 0 Å². The predicted octanol–water partition coefficient (Wildman–Crippen LogP) is 3.13. The molecule has 1 aromatic rings. The molecular formula is C14H21IN2. The van der Waals surface area contributed by atoms with E-state index >= 15 is 0 Å². The van der Waals surface area contributed by atoms with E-state index in [1.807, 2.05) is 0 Å². The Bertz CT molecular complexity index is 382. The van der Waals surface area contributed by atoms with Gasteiger partial charge in [-0.1, -0.05) is 6.07 Å². The lowest BCUT2D eigenvalue weighted by Gasteiger charge is -2.36. The van der Waals surface area contributed by atoms with E-state index in [-0.39, 0.29) is 0 Å². The minimum atomic E-state index is 0.760. The van der Waals surface area contributed by atoms with E-state index in [2.05, 4.69) is 71.6 Å². The molecule has 0 radical (unpaired) electrons. The number of halogens is 1. The topological polar surface area (TPSA) is 6.48 Å². The second-order valence-corrected chi connectivity index (χ2v) is 6.28. The molecule has 2 rings (SSSR count). The van der Waals surface area contributed by atoms with Crippen molar-refractivity contribution < 1.29 is 0 Å². The van der Waals surface area contributed by atoms with Crippen LogP contribution in [0.25, 0.3) is 0 Å². The van der Waals surface area contributed by atoms with Gasteiger partial charge in [0, 0.05) is 28.4 Å². The van der Waals surface area contributed by atoms with Crippen LogP contribution in [0.15, 0.2) is 18.2 Å². The van der Waals surface area contributed by atoms with Gasteiger partial charge in [0.1, 0.15) is 0 Å². The fraction of sp³-hybridized carbons (Fsp3) is 0.571. The molecule has 0 bridgehead atoms. The molecule has 1 fully saturated rings. The van der Waals surface area contributed by atoms with Crippen molar-refractivity contribution in [1.29, 1.82) is 0 Å². The maximum absolute atomic E-state index is 2.52. The summed E-state index contributed by atoms with van der Waals surface area (Å²) in [5.41, 5.74) is 2.76. The van der Waals surface area contributed by atoms with Gasteiger partial charge in [0.25, 0.3) is 0 Å². The third-order valence-electron chi connectivity index (χ3n) is 3.72. The smallest absolute Gasteiger partial charge is 0.0377 e. The zero-order valence-corrected chi connectivity index (χ0v) is 13.1. The molecule has 0 amide bonds. The third kappa shape index (κ3) is 3.13. The summed E-state index contributed by atoms with van der Waals surface area (Å²) < 4.78 is 1.37. The Morgan fingerprint density at radius 1 is 1.24 bits per heavy atom. The Morgan fingerprint density at radius 3 is 2.41 bits per heavy atom. The lowest BCUT2D eigenvalue weighted by Crippen LogP contribution is -2.42. The molecule has 1 aliphatic rings. The Morgan fingerprint density at radius 2 is 1.88 bits per heavy atom. The molecule has 0 aliphatic carbocycles. The Labute approximate surface area is 118 Å². The lowest BCUT2D eigenvalue weighted by molar-refractivity contribution is 0.249. The van der Waals surface area contributed by atoms with Crippen molar-refractivity contribution in [2.45, 2.75) is 25.8 Å². The fourth-order valence-corrected chi connectivity index (χ4v) is 2.92. The van der Waals surface area contributed by atoms with E-state index in [9.17, 15) is 0 Å². The highest BCUT2D eigenvalue weighted by atomic mass is 127. The molecule has 0 aromatic heterocycles. The number of rotatable bonds is 2. The minimum Gasteiger partial charge on any atom is -0.371 e. The summed E-state index contributed by atoms with van der Waals surface area (Å²) in [5.74, 6) is 0. The lowest BCUT2D eigenvalue weighted by atomic mass is 10.0. The van der Waals surface area contributed by atoms with Crippen molar-refractivity contribution in [2.75, 3.05) is 32.1 Å². The van der Waals surface area contributed by atoms with Crippen LogP contribution in [-0.4, -0.2) is 38.1 Å². The molecule has 0 saturated carbocycles. The molecule has 0 N–H and O–H groups in total. The molecule has 17 heavy (non-hydrogen) atoms. The summed E-state index contributed by atoms with van der Waals surface area (Å²) in [6, 6.07) is 7.56. The van der Waals surface area contributed by atoms with Crippen molar-refractivity contribution in [1.82, 2.24) is 4.90 Å². The van der Waals surface area contributed by atoms with Crippen LogP contribution in [0.2, 0.25) is 0 Å². The molecule has 1 aliphatic heterocycles. The van der Waals surface area contributed by atoms with Crippen molar-refractivity contribution in [2.24, 2.45) is 0 Å². The highest BCUT2D eigenvalue weighted by molar-refractivity contribution is 14.1. The van der Waals surface area contributed by atoms with Crippen LogP contribution in [0.3, 0.4) is 0 Å². The van der Waals surface area contributed by atoms with Gasteiger partial charge in [0.15, 0.2) is 0 Å². The first kappa shape index (κ1) is 13.1. The van der Waals surface area contributed by atoms with Crippen LogP contribution in [0, 0.1) is 10.5 Å². The van der Waals surface area contributed by atoms with E-state index in [4.69, 9.17) is 0 Å². The fourth-order valence-electron chi connectivity index (χ4n) is 2.42. The Hall–Kier alpha value is -0.290. The van der Waals surface area contributed by atoms with Crippen LogP contribution in [0.1, 0.15) is 18.4 Å². The second kappa shape index (κ2) is 5.57. The summed E-state index contributed by atoms with van der Waals surface area (Å²) >= 11 is 2.43. The Kier molecular flexibility index (Phi) is 4.31. The zero-order valence-electron chi connectivity index (χ0n) is 10.9. The van der Waals surface area contributed by atoms with Gasteiger partial charge in [-0.25, -0.2) is 0 Å². The summed E-state index contributed by atoms with van der Waals surface area (Å²) in [5, 5.41) is 0. The van der Waals surface area contributed by atoms with Crippen LogP contribution >= 0.6 is 22.6 Å². The van der Waals surface area contributed by atoms with Crippen molar-refractivity contribution >= 4 is 28.3 Å². The molecule has 0 atom stereocenters. The van der Waals surface area contributed by atoms with Gasteiger partial charge in [-0.3, -0.25) is 0 Å². The molecule has 94 valence electrons. The SMILES string of the molecule is Cc1ccc(N2CCC(N(C)C)CC2)cc1I. The number of benzene rings is 1. The number of nitrogens with zero attached hydrogens (tertiary/aromatic N) is 2. The van der Waals surface area contributed by atoms with Gasteiger partial charge >= 0.3 is 0 Å². The number of piperidine rings is 1. The van der Waals surface area contributed by atoms with Crippen molar-refractivity contribution in [3.05, 3.63) is 27.3 Å². The second-order valence-electron chi connectivity index (χ2n) is 5.12. The first-order valence-corrected chi connectivity index (χ1v) is 7.33. The molecule has 3 heteroatoms. The summed E-state index contributed by atoms with van der Waals surface area (Å²) in [6.45, 7) is 4.54. The molecular weight excluding hydrogens is 323 g/mol. The van der Waals surface area contributed by atoms with Gasteiger partial charge < -0.3 is 9.80 Å². The molecule has 1 heterocycles. The number of hydrogen-bond donors (Lipinski definition) is 0. The maximum Gasteiger partial charge on any atom is 0.0377 e. The summed E-state index contributed by atoms with van der Waals surface area (Å²) in [6.07, 6.45) is 2.55. The van der Waals surface area contributed by atoms with Gasteiger partial charge in [0.2, 0.25) is 0 Å². The number of anilines is 1. The zero-order chi connectivity index (χ0) is 12.4. The van der Waals surface area contributed by atoms with E-state index < -0.39 is 0 Å². The van der Waals surface area contributed by atoms with Crippen LogP contribution in [0.5, 0.6) is 0 Å². The molecule has 1 aromatic carbocycles. The predicted molar refractivity (Wildman–Crippen MR) is 82.8 cm³/mol.